The number of carbonyl (C=O) groups is 1. The van der Waals surface area contributed by atoms with Gasteiger partial charge in [0.05, 0.1) is 11.6 Å². The van der Waals surface area contributed by atoms with Gasteiger partial charge in [-0.1, -0.05) is 6.07 Å². The Kier molecular flexibility index (Phi) is 4.52. The molecule has 0 aliphatic heterocycles. The molecular weight excluding hydrogens is 190 g/mol. The van der Waals surface area contributed by atoms with Crippen LogP contribution in [-0.2, 0) is 0 Å². The standard InChI is InChI=1S/C8H7N3O.ClH/c9-5-6-2-1-3-7(4-6)8(12)11-10;/h1-4H,10H2,(H,11,12);1H. The summed E-state index contributed by atoms with van der Waals surface area (Å²) in [5.74, 6) is 4.52. The number of hydrazine groups is 1. The Morgan fingerprint density at radius 1 is 1.54 bits per heavy atom. The van der Waals surface area contributed by atoms with Gasteiger partial charge in [-0.2, -0.15) is 5.26 Å². The number of nitriles is 1. The van der Waals surface area contributed by atoms with Crippen molar-refractivity contribution in [3.05, 3.63) is 35.4 Å². The van der Waals surface area contributed by atoms with Crippen molar-refractivity contribution in [1.29, 1.82) is 5.26 Å². The molecule has 0 atom stereocenters. The molecule has 0 aromatic heterocycles. The van der Waals surface area contributed by atoms with E-state index in [1.54, 1.807) is 18.2 Å². The van der Waals surface area contributed by atoms with Crippen LogP contribution < -0.4 is 11.3 Å². The number of benzene rings is 1. The molecule has 0 aliphatic rings. The number of halogens is 1. The van der Waals surface area contributed by atoms with Crippen molar-refractivity contribution in [3.63, 3.8) is 0 Å². The van der Waals surface area contributed by atoms with Crippen molar-refractivity contribution >= 4 is 18.3 Å². The number of carbonyl (C=O) groups excluding carboxylic acids is 1. The Labute approximate surface area is 81.7 Å². The third-order valence-electron chi connectivity index (χ3n) is 1.38. The van der Waals surface area contributed by atoms with Gasteiger partial charge in [0.1, 0.15) is 0 Å². The predicted molar refractivity (Wildman–Crippen MR) is 50.1 cm³/mol. The van der Waals surface area contributed by atoms with Crippen molar-refractivity contribution in [1.82, 2.24) is 5.43 Å². The molecule has 0 bridgehead atoms. The fraction of sp³-hybridized carbons (Fsp3) is 0. The van der Waals surface area contributed by atoms with Crippen LogP contribution in [0.4, 0.5) is 0 Å². The van der Waals surface area contributed by atoms with Gasteiger partial charge < -0.3 is 0 Å². The number of rotatable bonds is 1. The molecule has 0 heterocycles. The van der Waals surface area contributed by atoms with E-state index in [4.69, 9.17) is 11.1 Å². The number of nitrogens with one attached hydrogen (secondary N) is 1. The third-order valence-corrected chi connectivity index (χ3v) is 1.38. The van der Waals surface area contributed by atoms with Crippen LogP contribution in [0.25, 0.3) is 0 Å². The predicted octanol–water partition coefficient (Wildman–Crippen LogP) is 0.584. The van der Waals surface area contributed by atoms with Crippen LogP contribution in [0.3, 0.4) is 0 Å². The number of nitrogens with zero attached hydrogens (tertiary/aromatic N) is 1. The Balaban J connectivity index is 0.00000144. The van der Waals surface area contributed by atoms with Gasteiger partial charge in [-0.05, 0) is 18.2 Å². The lowest BCUT2D eigenvalue weighted by Crippen LogP contribution is -2.29. The van der Waals surface area contributed by atoms with Crippen LogP contribution in [0, 0.1) is 11.3 Å². The minimum atomic E-state index is -0.396. The molecule has 3 N–H and O–H groups in total. The Morgan fingerprint density at radius 3 is 2.77 bits per heavy atom. The second kappa shape index (κ2) is 5.14. The number of hydrogen-bond donors (Lipinski definition) is 2. The summed E-state index contributed by atoms with van der Waals surface area (Å²) < 4.78 is 0. The van der Waals surface area contributed by atoms with Crippen molar-refractivity contribution < 1.29 is 4.79 Å². The van der Waals surface area contributed by atoms with Gasteiger partial charge >= 0.3 is 0 Å². The summed E-state index contributed by atoms with van der Waals surface area (Å²) in [6.07, 6.45) is 0. The lowest BCUT2D eigenvalue weighted by Gasteiger charge is -1.97. The van der Waals surface area contributed by atoms with Crippen molar-refractivity contribution in [3.8, 4) is 6.07 Å². The minimum absolute atomic E-state index is 0. The van der Waals surface area contributed by atoms with Crippen molar-refractivity contribution in [2.24, 2.45) is 5.84 Å². The lowest BCUT2D eigenvalue weighted by atomic mass is 10.1. The quantitative estimate of drug-likeness (QED) is 0.393. The zero-order valence-electron chi connectivity index (χ0n) is 6.65. The molecule has 0 saturated heterocycles. The first-order chi connectivity index (χ1) is 5.77. The molecule has 4 nitrogen and oxygen atoms in total. The van der Waals surface area contributed by atoms with E-state index in [2.05, 4.69) is 0 Å². The molecule has 0 radical (unpaired) electrons. The van der Waals surface area contributed by atoms with Crippen LogP contribution in [0.1, 0.15) is 15.9 Å². The maximum absolute atomic E-state index is 10.9. The molecule has 1 amide bonds. The maximum Gasteiger partial charge on any atom is 0.265 e. The Morgan fingerprint density at radius 2 is 2.23 bits per heavy atom. The van der Waals surface area contributed by atoms with Gasteiger partial charge in [0.25, 0.3) is 5.91 Å². The van der Waals surface area contributed by atoms with Gasteiger partial charge in [0.15, 0.2) is 0 Å². The highest BCUT2D eigenvalue weighted by molar-refractivity contribution is 5.94. The van der Waals surface area contributed by atoms with Crippen LogP contribution in [0.5, 0.6) is 0 Å². The van der Waals surface area contributed by atoms with Gasteiger partial charge in [-0.15, -0.1) is 12.4 Å². The van der Waals surface area contributed by atoms with E-state index in [0.717, 1.165) is 0 Å². The summed E-state index contributed by atoms with van der Waals surface area (Å²) in [6.45, 7) is 0. The fourth-order valence-corrected chi connectivity index (χ4v) is 0.813. The van der Waals surface area contributed by atoms with Gasteiger partial charge in [-0.3, -0.25) is 10.2 Å². The average Bonchev–Trinajstić information content (AvgIpc) is 2.17. The van der Waals surface area contributed by atoms with Gasteiger partial charge in [0.2, 0.25) is 0 Å². The highest BCUT2D eigenvalue weighted by Gasteiger charge is 2.02. The zero-order valence-corrected chi connectivity index (χ0v) is 7.47. The lowest BCUT2D eigenvalue weighted by molar-refractivity contribution is 0.0953. The number of nitrogens with two attached hydrogens (primary N) is 1. The molecule has 5 heteroatoms. The van der Waals surface area contributed by atoms with E-state index in [1.165, 1.54) is 6.07 Å². The van der Waals surface area contributed by atoms with E-state index in [-0.39, 0.29) is 12.4 Å². The molecule has 0 unspecified atom stereocenters. The molecule has 13 heavy (non-hydrogen) atoms. The highest BCUT2D eigenvalue weighted by atomic mass is 35.5. The number of nitrogen functional groups attached to an aromatic ring is 1. The minimum Gasteiger partial charge on any atom is -0.290 e. The van der Waals surface area contributed by atoms with E-state index >= 15 is 0 Å². The molecule has 0 spiro atoms. The molecule has 0 aliphatic carbocycles. The van der Waals surface area contributed by atoms with Crippen LogP contribution >= 0.6 is 12.4 Å². The summed E-state index contributed by atoms with van der Waals surface area (Å²) in [7, 11) is 0. The van der Waals surface area contributed by atoms with Crippen LogP contribution in [0.15, 0.2) is 24.3 Å². The van der Waals surface area contributed by atoms with E-state index in [1.807, 2.05) is 11.5 Å². The van der Waals surface area contributed by atoms with Crippen molar-refractivity contribution in [2.75, 3.05) is 0 Å². The summed E-state index contributed by atoms with van der Waals surface area (Å²) in [4.78, 5) is 10.9. The third kappa shape index (κ3) is 2.75. The molecule has 1 aromatic carbocycles. The van der Waals surface area contributed by atoms with Crippen molar-refractivity contribution in [2.45, 2.75) is 0 Å². The van der Waals surface area contributed by atoms with Crippen LogP contribution in [0.2, 0.25) is 0 Å². The second-order valence-corrected chi connectivity index (χ2v) is 2.17. The first-order valence-electron chi connectivity index (χ1n) is 3.29. The fourth-order valence-electron chi connectivity index (χ4n) is 0.813. The molecular formula is C8H8ClN3O. The number of hydrogen-bond acceptors (Lipinski definition) is 3. The summed E-state index contributed by atoms with van der Waals surface area (Å²) in [5.41, 5.74) is 2.81. The summed E-state index contributed by atoms with van der Waals surface area (Å²) >= 11 is 0. The molecule has 1 aromatic rings. The topological polar surface area (TPSA) is 78.9 Å². The van der Waals surface area contributed by atoms with Crippen LogP contribution in [-0.4, -0.2) is 5.91 Å². The largest absolute Gasteiger partial charge is 0.290 e. The normalized spacial score (nSPS) is 8.00. The average molecular weight is 198 g/mol. The maximum atomic E-state index is 10.9. The molecule has 1 rings (SSSR count). The van der Waals surface area contributed by atoms with Gasteiger partial charge in [-0.25, -0.2) is 5.84 Å². The smallest absolute Gasteiger partial charge is 0.265 e. The first kappa shape index (κ1) is 11.4. The molecule has 0 saturated carbocycles. The number of amides is 1. The summed E-state index contributed by atoms with van der Waals surface area (Å²) in [6, 6.07) is 8.23. The monoisotopic (exact) mass is 197 g/mol. The Hall–Kier alpha value is -1.57. The van der Waals surface area contributed by atoms with E-state index in [9.17, 15) is 4.79 Å². The molecule has 0 fully saturated rings. The van der Waals surface area contributed by atoms with Gasteiger partial charge in [0, 0.05) is 5.56 Å². The first-order valence-corrected chi connectivity index (χ1v) is 3.29. The Bertz CT molecular complexity index is 345. The SMILES string of the molecule is Cl.N#Cc1cccc(C(=O)NN)c1. The summed E-state index contributed by atoms with van der Waals surface area (Å²) in [5, 5.41) is 8.50. The second-order valence-electron chi connectivity index (χ2n) is 2.17. The van der Waals surface area contributed by atoms with E-state index in [0.29, 0.717) is 11.1 Å². The zero-order chi connectivity index (χ0) is 8.97. The molecule has 68 valence electrons. The van der Waals surface area contributed by atoms with E-state index < -0.39 is 5.91 Å². The highest BCUT2D eigenvalue weighted by Crippen LogP contribution is 2.02.